The monoisotopic (exact) mass is 511 g/mol. The van der Waals surface area contributed by atoms with Crippen molar-refractivity contribution in [3.8, 4) is 0 Å². The van der Waals surface area contributed by atoms with Gasteiger partial charge in [0, 0.05) is 0 Å². The molecule has 0 aliphatic carbocycles. The van der Waals surface area contributed by atoms with Gasteiger partial charge in [0.05, 0.1) is 0 Å². The third-order valence-corrected chi connectivity index (χ3v) is 7.41. The Morgan fingerprint density at radius 3 is 2.18 bits per heavy atom. The van der Waals surface area contributed by atoms with Crippen LogP contribution in [0.15, 0.2) is 76.2 Å². The number of hydrogen-bond acceptors (Lipinski definition) is 5. The summed E-state index contributed by atoms with van der Waals surface area (Å²) in [5, 5.41) is 0. The maximum absolute atomic E-state index is 12.6. The second kappa shape index (κ2) is 12.3. The zero-order chi connectivity index (χ0) is 20.2. The Labute approximate surface area is 177 Å². The van der Waals surface area contributed by atoms with E-state index in [2.05, 4.69) is 4.99 Å². The predicted molar refractivity (Wildman–Crippen MR) is 113 cm³/mol. The second-order valence-electron chi connectivity index (χ2n) is 5.30. The van der Waals surface area contributed by atoms with Crippen LogP contribution in [0, 0.1) is 0 Å². The molecule has 0 radical (unpaired) electrons. The summed E-state index contributed by atoms with van der Waals surface area (Å²) in [6.07, 6.45) is 0. The van der Waals surface area contributed by atoms with Gasteiger partial charge in [-0.05, 0) is 0 Å². The fourth-order valence-corrected chi connectivity index (χ4v) is 5.88. The first-order valence-electron chi connectivity index (χ1n) is 8.57. The van der Waals surface area contributed by atoms with Gasteiger partial charge in [-0.2, -0.15) is 0 Å². The van der Waals surface area contributed by atoms with Gasteiger partial charge in [-0.3, -0.25) is 0 Å². The standard InChI is InChI=1S/C21H21NO4Se2/c1-3-26-21(24)18(15-27-16-10-6-4-7-11-16)20(22-14-19(23)25-2)28-17-12-8-5-9-13-17/h4-13,15H,3,14H2,1-2H3/b18-15+,22-20?. The summed E-state index contributed by atoms with van der Waals surface area (Å²) in [7, 11) is 1.32. The molecule has 0 unspecified atom stereocenters. The van der Waals surface area contributed by atoms with E-state index in [1.807, 2.05) is 65.6 Å². The molecule has 0 fully saturated rings. The number of esters is 2. The number of methoxy groups -OCH3 is 1. The van der Waals surface area contributed by atoms with Crippen LogP contribution >= 0.6 is 0 Å². The quantitative estimate of drug-likeness (QED) is 0.220. The average molecular weight is 509 g/mol. The molecule has 0 aliphatic rings. The van der Waals surface area contributed by atoms with E-state index >= 15 is 0 Å². The number of benzene rings is 2. The molecule has 146 valence electrons. The molecule has 0 saturated carbocycles. The molecule has 7 heteroatoms. The maximum atomic E-state index is 12.6. The first-order chi connectivity index (χ1) is 13.6. The number of rotatable bonds is 9. The number of aliphatic imine (C=N–C) groups is 1. The van der Waals surface area contributed by atoms with Crippen LogP contribution in [0.2, 0.25) is 0 Å². The van der Waals surface area contributed by atoms with Crippen LogP contribution in [0.4, 0.5) is 0 Å². The first kappa shape index (κ1) is 22.1. The van der Waals surface area contributed by atoms with Gasteiger partial charge in [-0.15, -0.1) is 0 Å². The van der Waals surface area contributed by atoms with Crippen molar-refractivity contribution < 1.29 is 19.1 Å². The van der Waals surface area contributed by atoms with Crippen molar-refractivity contribution in [2.75, 3.05) is 20.3 Å². The van der Waals surface area contributed by atoms with Crippen LogP contribution in [-0.2, 0) is 19.1 Å². The van der Waals surface area contributed by atoms with E-state index in [1.165, 1.54) is 7.11 Å². The molecule has 0 N–H and O–H groups in total. The van der Waals surface area contributed by atoms with E-state index in [-0.39, 0.29) is 43.1 Å². The Bertz CT molecular complexity index is 836. The number of ether oxygens (including phenoxy) is 2. The Morgan fingerprint density at radius 2 is 1.61 bits per heavy atom. The van der Waals surface area contributed by atoms with Crippen molar-refractivity contribution >= 4 is 55.4 Å². The van der Waals surface area contributed by atoms with Crippen molar-refractivity contribution in [3.63, 3.8) is 0 Å². The third kappa shape index (κ3) is 7.45. The third-order valence-electron chi connectivity index (χ3n) is 3.32. The zero-order valence-electron chi connectivity index (χ0n) is 15.7. The van der Waals surface area contributed by atoms with Gasteiger partial charge in [0.2, 0.25) is 0 Å². The van der Waals surface area contributed by atoms with Crippen LogP contribution in [0.3, 0.4) is 0 Å². The summed E-state index contributed by atoms with van der Waals surface area (Å²) in [5.41, 5.74) is 0.429. The molecule has 2 aromatic rings. The summed E-state index contributed by atoms with van der Waals surface area (Å²) < 4.78 is 12.7. The molecule has 0 heterocycles. The van der Waals surface area contributed by atoms with Gasteiger partial charge in [-0.25, -0.2) is 0 Å². The molecule has 0 aromatic heterocycles. The minimum atomic E-state index is -0.446. The summed E-state index contributed by atoms with van der Waals surface area (Å²) >= 11 is -0.317. The van der Waals surface area contributed by atoms with Crippen molar-refractivity contribution in [1.29, 1.82) is 0 Å². The Morgan fingerprint density at radius 1 is 1.00 bits per heavy atom. The minimum absolute atomic E-state index is 0.0673. The molecule has 0 saturated heterocycles. The van der Waals surface area contributed by atoms with Crippen molar-refractivity contribution in [2.24, 2.45) is 4.99 Å². The summed E-state index contributed by atoms with van der Waals surface area (Å²) in [6.45, 7) is 1.91. The van der Waals surface area contributed by atoms with E-state index in [0.717, 1.165) is 8.92 Å². The fourth-order valence-electron chi connectivity index (χ4n) is 1.99. The van der Waals surface area contributed by atoms with Gasteiger partial charge in [0.25, 0.3) is 0 Å². The van der Waals surface area contributed by atoms with Gasteiger partial charge < -0.3 is 0 Å². The predicted octanol–water partition coefficient (Wildman–Crippen LogP) is 1.06. The first-order valence-corrected chi connectivity index (χ1v) is 12.1. The van der Waals surface area contributed by atoms with Crippen LogP contribution < -0.4 is 8.92 Å². The molecule has 0 amide bonds. The van der Waals surface area contributed by atoms with Crippen LogP contribution in [-0.4, -0.2) is 66.7 Å². The molecule has 2 aromatic carbocycles. The summed E-state index contributed by atoms with van der Waals surface area (Å²) in [6, 6.07) is 19.7. The molecule has 0 aliphatic heterocycles. The van der Waals surface area contributed by atoms with Crippen molar-refractivity contribution in [2.45, 2.75) is 6.92 Å². The average Bonchev–Trinajstić information content (AvgIpc) is 2.73. The SMILES string of the molecule is CCOC(=O)/C(=C/[Se]c1ccccc1)C(=NCC(=O)OC)[Se]c1ccccc1. The molecule has 28 heavy (non-hydrogen) atoms. The normalized spacial score (nSPS) is 11.8. The van der Waals surface area contributed by atoms with Gasteiger partial charge in [-0.1, -0.05) is 0 Å². The van der Waals surface area contributed by atoms with Gasteiger partial charge in [0.15, 0.2) is 0 Å². The molecular weight excluding hydrogens is 488 g/mol. The second-order valence-corrected chi connectivity index (χ2v) is 9.50. The van der Waals surface area contributed by atoms with Crippen molar-refractivity contribution in [1.82, 2.24) is 0 Å². The number of hydrogen-bond donors (Lipinski definition) is 0. The van der Waals surface area contributed by atoms with E-state index in [4.69, 9.17) is 9.47 Å². The molecule has 0 bridgehead atoms. The van der Waals surface area contributed by atoms with E-state index in [9.17, 15) is 9.59 Å². The zero-order valence-corrected chi connectivity index (χ0v) is 19.1. The molecule has 0 spiro atoms. The molecule has 2 rings (SSSR count). The number of carbonyl (C=O) groups excluding carboxylic acids is 2. The number of nitrogens with zero attached hydrogens (tertiary/aromatic N) is 1. The van der Waals surface area contributed by atoms with Gasteiger partial charge >= 0.3 is 178 Å². The van der Waals surface area contributed by atoms with Crippen LogP contribution in [0.25, 0.3) is 0 Å². The Balaban J connectivity index is 2.37. The van der Waals surface area contributed by atoms with Crippen molar-refractivity contribution in [3.05, 3.63) is 71.2 Å². The summed E-state index contributed by atoms with van der Waals surface area (Å²) in [5.74, 6) is -0.861. The van der Waals surface area contributed by atoms with E-state index in [1.54, 1.807) is 6.92 Å². The Kier molecular flexibility index (Phi) is 9.73. The van der Waals surface area contributed by atoms with Crippen LogP contribution in [0.5, 0.6) is 0 Å². The molecular formula is C21H21NO4Se2. The van der Waals surface area contributed by atoms with Crippen LogP contribution in [0.1, 0.15) is 6.92 Å². The van der Waals surface area contributed by atoms with Gasteiger partial charge in [0.1, 0.15) is 0 Å². The number of carbonyl (C=O) groups is 2. The molecule has 5 nitrogen and oxygen atoms in total. The molecule has 0 atom stereocenters. The fraction of sp³-hybridized carbons (Fsp3) is 0.190. The summed E-state index contributed by atoms with van der Waals surface area (Å²) in [4.78, 5) is 30.6. The Hall–Kier alpha value is -2.17. The topological polar surface area (TPSA) is 65.0 Å². The van der Waals surface area contributed by atoms with E-state index in [0.29, 0.717) is 10.2 Å². The van der Waals surface area contributed by atoms with E-state index < -0.39 is 11.9 Å².